The van der Waals surface area contributed by atoms with Crippen molar-refractivity contribution in [3.8, 4) is 17.2 Å². The second-order valence-electron chi connectivity index (χ2n) is 7.75. The summed E-state index contributed by atoms with van der Waals surface area (Å²) in [5.41, 5.74) is 2.01. The average molecular weight is 443 g/mol. The number of para-hydroxylation sites is 1. The molecule has 0 aromatic heterocycles. The minimum atomic E-state index is -0.695. The van der Waals surface area contributed by atoms with Crippen LogP contribution in [0.15, 0.2) is 78.4 Å². The van der Waals surface area contributed by atoms with Gasteiger partial charge in [0, 0.05) is 12.1 Å². The van der Waals surface area contributed by atoms with Gasteiger partial charge < -0.3 is 19.5 Å². The third-order valence-electron chi connectivity index (χ3n) is 5.74. The van der Waals surface area contributed by atoms with Crippen LogP contribution in [-0.4, -0.2) is 35.4 Å². The van der Waals surface area contributed by atoms with Crippen molar-refractivity contribution in [3.63, 3.8) is 0 Å². The van der Waals surface area contributed by atoms with Crippen LogP contribution in [0.2, 0.25) is 0 Å². The van der Waals surface area contributed by atoms with Crippen LogP contribution in [0.5, 0.6) is 17.2 Å². The number of carbonyl (C=O) groups excluding carboxylic acids is 2. The summed E-state index contributed by atoms with van der Waals surface area (Å²) in [5, 5.41) is 11.2. The van der Waals surface area contributed by atoms with Crippen LogP contribution >= 0.6 is 0 Å². The van der Waals surface area contributed by atoms with Crippen LogP contribution in [-0.2, 0) is 9.59 Å². The minimum Gasteiger partial charge on any atom is -0.507 e. The van der Waals surface area contributed by atoms with Gasteiger partial charge in [0.25, 0.3) is 11.7 Å². The number of methoxy groups -OCH3 is 1. The molecule has 33 heavy (non-hydrogen) atoms. The van der Waals surface area contributed by atoms with E-state index in [1.54, 1.807) is 37.4 Å². The van der Waals surface area contributed by atoms with E-state index in [4.69, 9.17) is 9.47 Å². The van der Waals surface area contributed by atoms with Crippen molar-refractivity contribution < 1.29 is 24.2 Å². The lowest BCUT2D eigenvalue weighted by Gasteiger charge is -2.24. The number of carbonyl (C=O) groups is 2. The Morgan fingerprint density at radius 1 is 0.939 bits per heavy atom. The molecule has 4 rings (SSSR count). The third kappa shape index (κ3) is 4.20. The van der Waals surface area contributed by atoms with E-state index >= 15 is 0 Å². The van der Waals surface area contributed by atoms with Crippen LogP contribution < -0.4 is 9.47 Å². The fourth-order valence-electron chi connectivity index (χ4n) is 4.07. The smallest absolute Gasteiger partial charge is 0.295 e. The normalized spacial score (nSPS) is 17.3. The Balaban J connectivity index is 1.75. The Hall–Kier alpha value is -4.06. The third-order valence-corrected chi connectivity index (χ3v) is 5.74. The van der Waals surface area contributed by atoms with E-state index < -0.39 is 17.7 Å². The zero-order chi connectivity index (χ0) is 23.5. The van der Waals surface area contributed by atoms with Gasteiger partial charge in [-0.25, -0.2) is 0 Å². The maximum atomic E-state index is 13.0. The first kappa shape index (κ1) is 22.1. The summed E-state index contributed by atoms with van der Waals surface area (Å²) >= 11 is 0. The topological polar surface area (TPSA) is 76.1 Å². The van der Waals surface area contributed by atoms with Crippen LogP contribution in [0.25, 0.3) is 5.76 Å². The van der Waals surface area contributed by atoms with Gasteiger partial charge in [0.1, 0.15) is 23.0 Å². The van der Waals surface area contributed by atoms with E-state index in [2.05, 4.69) is 0 Å². The quantitative estimate of drug-likeness (QED) is 0.320. The molecule has 0 radical (unpaired) electrons. The molecule has 0 bridgehead atoms. The zero-order valence-electron chi connectivity index (χ0n) is 18.7. The fraction of sp³-hybridized carbons (Fsp3) is 0.185. The van der Waals surface area contributed by atoms with Crippen molar-refractivity contribution >= 4 is 17.4 Å². The van der Waals surface area contributed by atoms with Crippen LogP contribution in [0, 0.1) is 6.92 Å². The molecule has 6 nitrogen and oxygen atoms in total. The number of rotatable bonds is 6. The lowest BCUT2D eigenvalue weighted by atomic mass is 9.94. The molecule has 0 unspecified atom stereocenters. The first-order valence-corrected chi connectivity index (χ1v) is 10.7. The number of likely N-dealkylation sites (N-methyl/N-ethyl adjacent to an activating group) is 1. The average Bonchev–Trinajstić information content (AvgIpc) is 3.09. The summed E-state index contributed by atoms with van der Waals surface area (Å²) in [5.74, 6) is 0.464. The number of likely N-dealkylation sites (tertiary alicyclic amines) is 1. The van der Waals surface area contributed by atoms with Gasteiger partial charge in [-0.2, -0.15) is 0 Å². The number of hydrogen-bond donors (Lipinski definition) is 1. The highest BCUT2D eigenvalue weighted by atomic mass is 16.5. The largest absolute Gasteiger partial charge is 0.507 e. The van der Waals surface area contributed by atoms with Crippen molar-refractivity contribution in [2.45, 2.75) is 19.9 Å². The van der Waals surface area contributed by atoms with Crippen molar-refractivity contribution in [1.29, 1.82) is 0 Å². The van der Waals surface area contributed by atoms with Crippen molar-refractivity contribution in [1.82, 2.24) is 4.90 Å². The Morgan fingerprint density at radius 2 is 1.58 bits per heavy atom. The van der Waals surface area contributed by atoms with E-state index in [1.165, 1.54) is 4.90 Å². The second kappa shape index (κ2) is 9.20. The van der Waals surface area contributed by atoms with Gasteiger partial charge in [0.05, 0.1) is 18.7 Å². The molecule has 6 heteroatoms. The van der Waals surface area contributed by atoms with Crippen LogP contribution in [0.1, 0.15) is 29.7 Å². The monoisotopic (exact) mass is 443 g/mol. The summed E-state index contributed by atoms with van der Waals surface area (Å²) in [7, 11) is 1.56. The molecule has 0 saturated carbocycles. The van der Waals surface area contributed by atoms with Gasteiger partial charge in [-0.05, 0) is 67.4 Å². The number of amides is 1. The first-order valence-electron chi connectivity index (χ1n) is 10.7. The molecule has 0 aliphatic carbocycles. The van der Waals surface area contributed by atoms with Crippen LogP contribution in [0.4, 0.5) is 0 Å². The summed E-state index contributed by atoms with van der Waals surface area (Å²) in [6.07, 6.45) is 0. The molecule has 1 amide bonds. The molecule has 3 aromatic carbocycles. The predicted octanol–water partition coefficient (Wildman–Crippen LogP) is 5.24. The molecular weight excluding hydrogens is 418 g/mol. The first-order chi connectivity index (χ1) is 15.9. The molecule has 1 saturated heterocycles. The lowest BCUT2D eigenvalue weighted by Crippen LogP contribution is -2.29. The molecule has 1 N–H and O–H groups in total. The number of aryl methyl sites for hydroxylation is 1. The predicted molar refractivity (Wildman–Crippen MR) is 125 cm³/mol. The molecule has 0 spiro atoms. The molecule has 1 aliphatic heterocycles. The maximum absolute atomic E-state index is 13.0. The Labute approximate surface area is 192 Å². The van der Waals surface area contributed by atoms with Crippen LogP contribution in [0.3, 0.4) is 0 Å². The Morgan fingerprint density at radius 3 is 2.18 bits per heavy atom. The highest BCUT2D eigenvalue weighted by Crippen LogP contribution is 2.40. The molecule has 1 aliphatic rings. The second-order valence-corrected chi connectivity index (χ2v) is 7.75. The van der Waals surface area contributed by atoms with Gasteiger partial charge in [0.15, 0.2) is 0 Å². The number of Topliss-reactive ketones (excluding diaryl/α,β-unsaturated/α-hetero) is 1. The van der Waals surface area contributed by atoms with Gasteiger partial charge in [0.2, 0.25) is 0 Å². The maximum Gasteiger partial charge on any atom is 0.295 e. The summed E-state index contributed by atoms with van der Waals surface area (Å²) < 4.78 is 11.1. The molecule has 1 heterocycles. The summed E-state index contributed by atoms with van der Waals surface area (Å²) in [6.45, 7) is 3.96. The summed E-state index contributed by atoms with van der Waals surface area (Å²) in [6, 6.07) is 21.1. The zero-order valence-corrected chi connectivity index (χ0v) is 18.7. The van der Waals surface area contributed by atoms with Gasteiger partial charge in [-0.15, -0.1) is 0 Å². The lowest BCUT2D eigenvalue weighted by molar-refractivity contribution is -0.139. The molecule has 1 fully saturated rings. The number of aliphatic hydroxyl groups excluding tert-OH is 1. The highest BCUT2D eigenvalue weighted by molar-refractivity contribution is 6.46. The number of hydrogen-bond acceptors (Lipinski definition) is 5. The van der Waals surface area contributed by atoms with E-state index in [-0.39, 0.29) is 11.3 Å². The van der Waals surface area contributed by atoms with E-state index in [0.29, 0.717) is 34.9 Å². The summed E-state index contributed by atoms with van der Waals surface area (Å²) in [4.78, 5) is 27.2. The van der Waals surface area contributed by atoms with E-state index in [0.717, 1.165) is 5.56 Å². The van der Waals surface area contributed by atoms with E-state index in [9.17, 15) is 14.7 Å². The Kier molecular flexibility index (Phi) is 6.18. The fourth-order valence-corrected chi connectivity index (χ4v) is 4.07. The molecule has 168 valence electrons. The number of ketones is 1. The van der Waals surface area contributed by atoms with Gasteiger partial charge in [-0.1, -0.05) is 30.3 Å². The number of benzene rings is 3. The minimum absolute atomic E-state index is 0.0758. The Bertz CT molecular complexity index is 1220. The standard InChI is InChI=1S/C27H25NO5/c1-4-28-24(18-10-12-20(13-11-18)33-19-8-6-5-7-9-19)23(26(30)27(28)31)25(29)22-15-14-21(32-3)16-17(22)2/h5-16,24,29H,4H2,1-3H3/t24-/m0/s1. The van der Waals surface area contributed by atoms with Crippen molar-refractivity contribution in [3.05, 3.63) is 95.1 Å². The van der Waals surface area contributed by atoms with Crippen molar-refractivity contribution in [2.75, 3.05) is 13.7 Å². The number of aliphatic hydroxyl groups is 1. The number of ether oxygens (including phenoxy) is 2. The highest BCUT2D eigenvalue weighted by Gasteiger charge is 2.45. The van der Waals surface area contributed by atoms with Gasteiger partial charge >= 0.3 is 0 Å². The molecule has 3 aromatic rings. The van der Waals surface area contributed by atoms with Crippen molar-refractivity contribution in [2.24, 2.45) is 0 Å². The molecule has 1 atom stereocenters. The number of nitrogens with zero attached hydrogens (tertiary/aromatic N) is 1. The van der Waals surface area contributed by atoms with Gasteiger partial charge in [-0.3, -0.25) is 9.59 Å². The van der Waals surface area contributed by atoms with E-state index in [1.807, 2.05) is 56.3 Å². The SMILES string of the molecule is CCN1C(=O)C(=O)C(=C(O)c2ccc(OC)cc2C)[C@@H]1c1ccc(Oc2ccccc2)cc1. The molecular formula is C27H25NO5.